The molecule has 74 valence electrons. The lowest BCUT2D eigenvalue weighted by Gasteiger charge is -2.20. The predicted molar refractivity (Wildman–Crippen MR) is 51.1 cm³/mol. The Morgan fingerprint density at radius 2 is 2.15 bits per heavy atom. The van der Waals surface area contributed by atoms with Crippen LogP contribution in [-0.2, 0) is 0 Å². The summed E-state index contributed by atoms with van der Waals surface area (Å²) >= 11 is 0. The fourth-order valence-corrected chi connectivity index (χ4v) is 1.16. The summed E-state index contributed by atoms with van der Waals surface area (Å²) in [6, 6.07) is -0.250. The van der Waals surface area contributed by atoms with Crippen molar-refractivity contribution in [3.05, 3.63) is 17.7 Å². The fraction of sp³-hybridized carbons (Fsp3) is 0.667. The van der Waals surface area contributed by atoms with Gasteiger partial charge in [-0.05, 0) is 12.8 Å². The number of nitrogens with zero attached hydrogens (tertiary/aromatic N) is 1. The predicted octanol–water partition coefficient (Wildman–Crippen LogP) is 0.735. The van der Waals surface area contributed by atoms with E-state index in [1.165, 1.54) is 0 Å². The summed E-state index contributed by atoms with van der Waals surface area (Å²) < 4.78 is 0. The highest BCUT2D eigenvalue weighted by Gasteiger charge is 2.21. The van der Waals surface area contributed by atoms with Crippen LogP contribution in [0, 0.1) is 12.8 Å². The molecule has 0 aliphatic rings. The maximum Gasteiger partial charge on any atom is 0.111 e. The van der Waals surface area contributed by atoms with Crippen LogP contribution in [0.2, 0.25) is 0 Å². The van der Waals surface area contributed by atoms with Gasteiger partial charge >= 0.3 is 0 Å². The lowest BCUT2D eigenvalue weighted by atomic mass is 9.98. The normalized spacial score (nSPS) is 16.2. The highest BCUT2D eigenvalue weighted by molar-refractivity contribution is 5.06. The first-order chi connectivity index (χ1) is 6.02. The first-order valence-corrected chi connectivity index (χ1v) is 4.47. The number of aromatic amines is 1. The number of rotatable bonds is 3. The minimum absolute atomic E-state index is 0.249. The fourth-order valence-electron chi connectivity index (χ4n) is 1.16. The van der Waals surface area contributed by atoms with E-state index in [0.29, 0.717) is 5.69 Å². The Morgan fingerprint density at radius 1 is 1.54 bits per heavy atom. The lowest BCUT2D eigenvalue weighted by molar-refractivity contribution is 0.122. The number of H-pyrrole nitrogens is 1. The molecule has 4 nitrogen and oxygen atoms in total. The monoisotopic (exact) mass is 183 g/mol. The molecule has 0 aliphatic heterocycles. The van der Waals surface area contributed by atoms with Crippen LogP contribution in [0.25, 0.3) is 0 Å². The number of aliphatic hydroxyl groups is 1. The van der Waals surface area contributed by atoms with Crippen LogP contribution in [0.15, 0.2) is 6.20 Å². The second kappa shape index (κ2) is 3.89. The number of imidazole rings is 1. The number of aliphatic hydroxyl groups excluding tert-OH is 1. The number of aromatic nitrogens is 2. The van der Waals surface area contributed by atoms with Crippen molar-refractivity contribution in [3.8, 4) is 0 Å². The third kappa shape index (κ3) is 2.29. The molecule has 0 saturated heterocycles. The Labute approximate surface area is 78.2 Å². The summed E-state index contributed by atoms with van der Waals surface area (Å²) in [5, 5.41) is 9.78. The van der Waals surface area contributed by atoms with Gasteiger partial charge in [0.05, 0.1) is 11.9 Å². The Morgan fingerprint density at radius 3 is 2.54 bits per heavy atom. The van der Waals surface area contributed by atoms with Crippen LogP contribution in [0.3, 0.4) is 0 Å². The van der Waals surface area contributed by atoms with Gasteiger partial charge in [0.15, 0.2) is 0 Å². The molecule has 0 aliphatic carbocycles. The second-order valence-corrected chi connectivity index (χ2v) is 3.69. The minimum atomic E-state index is -0.652. The van der Waals surface area contributed by atoms with E-state index in [4.69, 9.17) is 5.73 Å². The smallest absolute Gasteiger partial charge is 0.111 e. The second-order valence-electron chi connectivity index (χ2n) is 3.69. The third-order valence-corrected chi connectivity index (χ3v) is 2.18. The van der Waals surface area contributed by atoms with Crippen molar-refractivity contribution in [2.45, 2.75) is 32.9 Å². The molecule has 1 rings (SSSR count). The van der Waals surface area contributed by atoms with E-state index in [1.807, 2.05) is 20.8 Å². The summed E-state index contributed by atoms with van der Waals surface area (Å²) in [6.07, 6.45) is 0.976. The van der Waals surface area contributed by atoms with E-state index in [9.17, 15) is 5.11 Å². The Bertz CT molecular complexity index is 270. The maximum atomic E-state index is 9.78. The molecular formula is C9H17N3O. The van der Waals surface area contributed by atoms with E-state index in [0.717, 1.165) is 5.82 Å². The highest BCUT2D eigenvalue weighted by atomic mass is 16.3. The summed E-state index contributed by atoms with van der Waals surface area (Å²) in [7, 11) is 0. The van der Waals surface area contributed by atoms with Crippen molar-refractivity contribution in [2.75, 3.05) is 0 Å². The van der Waals surface area contributed by atoms with Gasteiger partial charge in [-0.15, -0.1) is 0 Å². The van der Waals surface area contributed by atoms with Crippen LogP contribution >= 0.6 is 0 Å². The molecule has 1 aromatic heterocycles. The van der Waals surface area contributed by atoms with Crippen molar-refractivity contribution in [1.29, 1.82) is 0 Å². The molecule has 0 aromatic carbocycles. The molecule has 4 N–H and O–H groups in total. The van der Waals surface area contributed by atoms with Crippen LogP contribution in [-0.4, -0.2) is 21.1 Å². The number of nitrogens with one attached hydrogen (secondary N) is 1. The minimum Gasteiger partial charge on any atom is -0.385 e. The van der Waals surface area contributed by atoms with E-state index in [1.54, 1.807) is 6.20 Å². The van der Waals surface area contributed by atoms with Gasteiger partial charge in [0.1, 0.15) is 11.9 Å². The summed E-state index contributed by atoms with van der Waals surface area (Å²) in [6.45, 7) is 5.81. The van der Waals surface area contributed by atoms with E-state index in [-0.39, 0.29) is 12.0 Å². The van der Waals surface area contributed by atoms with Crippen molar-refractivity contribution >= 4 is 0 Å². The molecule has 0 bridgehead atoms. The van der Waals surface area contributed by atoms with Crippen molar-refractivity contribution in [2.24, 2.45) is 11.7 Å². The van der Waals surface area contributed by atoms with E-state index < -0.39 is 6.10 Å². The van der Waals surface area contributed by atoms with Crippen LogP contribution < -0.4 is 5.73 Å². The molecule has 4 heteroatoms. The molecular weight excluding hydrogens is 166 g/mol. The number of aryl methyl sites for hydroxylation is 1. The zero-order valence-electron chi connectivity index (χ0n) is 8.28. The summed E-state index contributed by atoms with van der Waals surface area (Å²) in [5.41, 5.74) is 6.50. The summed E-state index contributed by atoms with van der Waals surface area (Å²) in [4.78, 5) is 6.98. The quantitative estimate of drug-likeness (QED) is 0.646. The van der Waals surface area contributed by atoms with Crippen LogP contribution in [0.4, 0.5) is 0 Å². The van der Waals surface area contributed by atoms with E-state index >= 15 is 0 Å². The molecule has 1 aromatic rings. The molecule has 0 spiro atoms. The maximum absolute atomic E-state index is 9.78. The zero-order valence-corrected chi connectivity index (χ0v) is 8.28. The average molecular weight is 183 g/mol. The highest BCUT2D eigenvalue weighted by Crippen LogP contribution is 2.18. The lowest BCUT2D eigenvalue weighted by Crippen LogP contribution is -2.33. The first-order valence-electron chi connectivity index (χ1n) is 4.47. The van der Waals surface area contributed by atoms with Gasteiger partial charge in [0.2, 0.25) is 0 Å². The average Bonchev–Trinajstić information content (AvgIpc) is 2.49. The standard InChI is InChI=1S/C9H17N3O/c1-5(2)8(10)9(13)7-4-11-6(3)12-7/h4-5,8-9,13H,10H2,1-3H3,(H,11,12). The van der Waals surface area contributed by atoms with Crippen molar-refractivity contribution in [1.82, 2.24) is 9.97 Å². The topological polar surface area (TPSA) is 74.9 Å². The Balaban J connectivity index is 2.73. The van der Waals surface area contributed by atoms with Gasteiger partial charge in [0, 0.05) is 6.04 Å². The third-order valence-electron chi connectivity index (χ3n) is 2.18. The van der Waals surface area contributed by atoms with Gasteiger partial charge in [-0.25, -0.2) is 4.98 Å². The van der Waals surface area contributed by atoms with Gasteiger partial charge < -0.3 is 15.8 Å². The molecule has 0 radical (unpaired) electrons. The summed E-state index contributed by atoms with van der Waals surface area (Å²) in [5.74, 6) is 1.05. The van der Waals surface area contributed by atoms with Gasteiger partial charge in [0.25, 0.3) is 0 Å². The Hall–Kier alpha value is -0.870. The molecule has 2 atom stereocenters. The molecule has 0 saturated carbocycles. The van der Waals surface area contributed by atoms with E-state index in [2.05, 4.69) is 9.97 Å². The number of hydrogen-bond acceptors (Lipinski definition) is 3. The van der Waals surface area contributed by atoms with Crippen molar-refractivity contribution < 1.29 is 5.11 Å². The SMILES string of the molecule is Cc1ncc(C(O)C(N)C(C)C)[nH]1. The van der Waals surface area contributed by atoms with Gasteiger partial charge in [-0.3, -0.25) is 0 Å². The largest absolute Gasteiger partial charge is 0.385 e. The number of nitrogens with two attached hydrogens (primary N) is 1. The molecule has 2 unspecified atom stereocenters. The number of hydrogen-bond donors (Lipinski definition) is 3. The van der Waals surface area contributed by atoms with Crippen LogP contribution in [0.1, 0.15) is 31.5 Å². The Kier molecular flexibility index (Phi) is 3.06. The first kappa shape index (κ1) is 10.2. The zero-order chi connectivity index (χ0) is 10.0. The van der Waals surface area contributed by atoms with Crippen molar-refractivity contribution in [3.63, 3.8) is 0 Å². The molecule has 13 heavy (non-hydrogen) atoms. The van der Waals surface area contributed by atoms with Crippen LogP contribution in [0.5, 0.6) is 0 Å². The van der Waals surface area contributed by atoms with Gasteiger partial charge in [-0.2, -0.15) is 0 Å². The molecule has 1 heterocycles. The molecule has 0 fully saturated rings. The molecule has 0 amide bonds. The van der Waals surface area contributed by atoms with Gasteiger partial charge in [-0.1, -0.05) is 13.8 Å².